The first-order chi connectivity index (χ1) is 5.11. The van der Waals surface area contributed by atoms with E-state index < -0.39 is 11.9 Å². The Bertz CT molecular complexity index is 196. The maximum atomic E-state index is 10.8. The van der Waals surface area contributed by atoms with E-state index in [1.54, 1.807) is 19.9 Å². The predicted octanol–water partition coefficient (Wildman–Crippen LogP) is -0.0189. The Morgan fingerprint density at radius 3 is 2.45 bits per heavy atom. The average molecular weight is 157 g/mol. The number of rotatable bonds is 2. The fourth-order valence-corrected chi connectivity index (χ4v) is 0.343. The van der Waals surface area contributed by atoms with Crippen LogP contribution in [0.25, 0.3) is 0 Å². The molecule has 0 rings (SSSR count). The molecule has 0 heterocycles. The van der Waals surface area contributed by atoms with E-state index in [2.05, 4.69) is 4.74 Å². The van der Waals surface area contributed by atoms with Gasteiger partial charge in [-0.3, -0.25) is 4.79 Å². The second kappa shape index (κ2) is 4.62. The molecule has 0 aliphatic rings. The van der Waals surface area contributed by atoms with Gasteiger partial charge in [0.2, 0.25) is 0 Å². The van der Waals surface area contributed by atoms with E-state index in [-0.39, 0.29) is 6.54 Å². The van der Waals surface area contributed by atoms with Gasteiger partial charge in [0.25, 0.3) is 0 Å². The third-order valence-corrected chi connectivity index (χ3v) is 1.13. The van der Waals surface area contributed by atoms with Crippen molar-refractivity contribution in [3.8, 4) is 0 Å². The van der Waals surface area contributed by atoms with Gasteiger partial charge in [-0.2, -0.15) is 0 Å². The van der Waals surface area contributed by atoms with E-state index in [1.807, 2.05) is 0 Å². The Balaban J connectivity index is 3.98. The Kier molecular flexibility index (Phi) is 4.14. The van der Waals surface area contributed by atoms with Crippen molar-refractivity contribution >= 4 is 11.9 Å². The van der Waals surface area contributed by atoms with Crippen LogP contribution in [0.15, 0.2) is 11.6 Å². The van der Waals surface area contributed by atoms with E-state index in [4.69, 9.17) is 5.73 Å². The zero-order valence-corrected chi connectivity index (χ0v) is 6.59. The first-order valence-electron chi connectivity index (χ1n) is 3.19. The Labute approximate surface area is 65.0 Å². The molecular weight excluding hydrogens is 146 g/mol. The van der Waals surface area contributed by atoms with Crippen LogP contribution in [-0.4, -0.2) is 18.5 Å². The zero-order chi connectivity index (χ0) is 8.85. The second-order valence-corrected chi connectivity index (χ2v) is 1.94. The highest BCUT2D eigenvalue weighted by atomic mass is 16.6. The van der Waals surface area contributed by atoms with Gasteiger partial charge in [-0.1, -0.05) is 6.08 Å². The molecule has 0 bridgehead atoms. The van der Waals surface area contributed by atoms with Gasteiger partial charge in [0.1, 0.15) is 0 Å². The molecule has 2 N–H and O–H groups in total. The maximum Gasteiger partial charge on any atom is 0.341 e. The van der Waals surface area contributed by atoms with Gasteiger partial charge in [0, 0.05) is 5.57 Å². The summed E-state index contributed by atoms with van der Waals surface area (Å²) in [6.45, 7) is 2.97. The van der Waals surface area contributed by atoms with Crippen molar-refractivity contribution in [2.75, 3.05) is 6.54 Å². The summed E-state index contributed by atoms with van der Waals surface area (Å²) >= 11 is 0. The van der Waals surface area contributed by atoms with Crippen molar-refractivity contribution in [3.63, 3.8) is 0 Å². The van der Waals surface area contributed by atoms with Crippen LogP contribution in [0.3, 0.4) is 0 Å². The SMILES string of the molecule is CC=C(C)C(=O)OC(=O)CN. The van der Waals surface area contributed by atoms with Crippen molar-refractivity contribution < 1.29 is 14.3 Å². The standard InChI is InChI=1S/C7H11NO3/c1-3-5(2)7(10)11-6(9)4-8/h3H,4,8H2,1-2H3. The van der Waals surface area contributed by atoms with Gasteiger partial charge >= 0.3 is 11.9 Å². The molecule has 4 heteroatoms. The summed E-state index contributed by atoms with van der Waals surface area (Å²) < 4.78 is 4.28. The molecule has 0 atom stereocenters. The van der Waals surface area contributed by atoms with Crippen LogP contribution in [-0.2, 0) is 14.3 Å². The molecule has 0 fully saturated rings. The largest absolute Gasteiger partial charge is 0.389 e. The topological polar surface area (TPSA) is 69.4 Å². The van der Waals surface area contributed by atoms with Gasteiger partial charge in [0.15, 0.2) is 0 Å². The van der Waals surface area contributed by atoms with Gasteiger partial charge < -0.3 is 10.5 Å². The molecule has 4 nitrogen and oxygen atoms in total. The van der Waals surface area contributed by atoms with E-state index in [9.17, 15) is 9.59 Å². The van der Waals surface area contributed by atoms with Crippen LogP contribution in [0.5, 0.6) is 0 Å². The average Bonchev–Trinajstić information content (AvgIpc) is 2.02. The highest BCUT2D eigenvalue weighted by Gasteiger charge is 2.08. The smallest absolute Gasteiger partial charge is 0.341 e. The number of hydrogen-bond acceptors (Lipinski definition) is 4. The molecule has 62 valence electrons. The molecule has 0 spiro atoms. The van der Waals surface area contributed by atoms with Crippen molar-refractivity contribution in [2.24, 2.45) is 5.73 Å². The fourth-order valence-electron chi connectivity index (χ4n) is 0.343. The van der Waals surface area contributed by atoms with Crippen LogP contribution in [0.1, 0.15) is 13.8 Å². The number of ether oxygens (including phenoxy) is 1. The van der Waals surface area contributed by atoms with Crippen molar-refractivity contribution in [1.29, 1.82) is 0 Å². The molecule has 11 heavy (non-hydrogen) atoms. The molecule has 0 amide bonds. The second-order valence-electron chi connectivity index (χ2n) is 1.94. The number of carbonyl (C=O) groups excluding carboxylic acids is 2. The minimum atomic E-state index is -0.712. The first-order valence-corrected chi connectivity index (χ1v) is 3.19. The summed E-state index contributed by atoms with van der Waals surface area (Å²) in [6, 6.07) is 0. The van der Waals surface area contributed by atoms with Crippen LogP contribution in [0, 0.1) is 0 Å². The zero-order valence-electron chi connectivity index (χ0n) is 6.59. The number of allylic oxidation sites excluding steroid dienone is 1. The van der Waals surface area contributed by atoms with E-state index in [0.29, 0.717) is 5.57 Å². The minimum Gasteiger partial charge on any atom is -0.389 e. The summed E-state index contributed by atoms with van der Waals surface area (Å²) in [5, 5.41) is 0. The lowest BCUT2D eigenvalue weighted by Gasteiger charge is -1.99. The van der Waals surface area contributed by atoms with Gasteiger partial charge in [-0.15, -0.1) is 0 Å². The number of esters is 2. The summed E-state index contributed by atoms with van der Waals surface area (Å²) in [6.07, 6.45) is 1.56. The van der Waals surface area contributed by atoms with Crippen LogP contribution < -0.4 is 5.73 Å². The Morgan fingerprint density at radius 1 is 1.55 bits per heavy atom. The summed E-state index contributed by atoms with van der Waals surface area (Å²) in [4.78, 5) is 21.2. The molecule has 0 aliphatic heterocycles. The van der Waals surface area contributed by atoms with Crippen molar-refractivity contribution in [3.05, 3.63) is 11.6 Å². The molecule has 0 aliphatic carbocycles. The lowest BCUT2D eigenvalue weighted by atomic mass is 10.3. The molecule has 0 saturated carbocycles. The van der Waals surface area contributed by atoms with E-state index in [1.165, 1.54) is 0 Å². The third kappa shape index (κ3) is 3.52. The minimum absolute atomic E-state index is 0.275. The third-order valence-electron chi connectivity index (χ3n) is 1.13. The molecule has 0 aromatic rings. The number of carbonyl (C=O) groups is 2. The summed E-state index contributed by atoms with van der Waals surface area (Å²) in [7, 11) is 0. The van der Waals surface area contributed by atoms with Gasteiger partial charge in [0.05, 0.1) is 6.54 Å². The van der Waals surface area contributed by atoms with E-state index in [0.717, 1.165) is 0 Å². The number of hydrogen-bond donors (Lipinski definition) is 1. The predicted molar refractivity (Wildman–Crippen MR) is 39.6 cm³/mol. The van der Waals surface area contributed by atoms with E-state index >= 15 is 0 Å². The molecule has 0 aromatic carbocycles. The molecule has 0 unspecified atom stereocenters. The highest BCUT2D eigenvalue weighted by Crippen LogP contribution is 1.95. The lowest BCUT2D eigenvalue weighted by Crippen LogP contribution is -2.20. The summed E-state index contributed by atoms with van der Waals surface area (Å²) in [5.41, 5.74) is 5.31. The van der Waals surface area contributed by atoms with Crippen molar-refractivity contribution in [2.45, 2.75) is 13.8 Å². The number of nitrogens with two attached hydrogens (primary N) is 1. The van der Waals surface area contributed by atoms with Crippen molar-refractivity contribution in [1.82, 2.24) is 0 Å². The molecule has 0 saturated heterocycles. The summed E-state index contributed by atoms with van der Waals surface area (Å²) in [5.74, 6) is -1.35. The molecular formula is C7H11NO3. The lowest BCUT2D eigenvalue weighted by molar-refractivity contribution is -0.155. The fraction of sp³-hybridized carbons (Fsp3) is 0.429. The quantitative estimate of drug-likeness (QED) is 0.347. The Hall–Kier alpha value is -1.16. The maximum absolute atomic E-state index is 10.8. The Morgan fingerprint density at radius 2 is 2.09 bits per heavy atom. The van der Waals surface area contributed by atoms with Gasteiger partial charge in [-0.25, -0.2) is 4.79 Å². The van der Waals surface area contributed by atoms with Crippen LogP contribution in [0.4, 0.5) is 0 Å². The molecule has 0 radical (unpaired) electrons. The van der Waals surface area contributed by atoms with Crippen LogP contribution >= 0.6 is 0 Å². The first kappa shape index (κ1) is 9.84. The molecule has 0 aromatic heterocycles. The van der Waals surface area contributed by atoms with Crippen LogP contribution in [0.2, 0.25) is 0 Å². The highest BCUT2D eigenvalue weighted by molar-refractivity contribution is 5.96. The monoisotopic (exact) mass is 157 g/mol. The normalized spacial score (nSPS) is 11.0. The van der Waals surface area contributed by atoms with Gasteiger partial charge in [-0.05, 0) is 13.8 Å².